The Hall–Kier alpha value is -4.01. The van der Waals surface area contributed by atoms with Gasteiger partial charge in [-0.3, -0.25) is 19.3 Å². The molecule has 9 heteroatoms. The van der Waals surface area contributed by atoms with E-state index < -0.39 is 0 Å². The number of rotatable bonds is 5. The number of pyridine rings is 1. The van der Waals surface area contributed by atoms with Crippen molar-refractivity contribution in [3.8, 4) is 0 Å². The van der Waals surface area contributed by atoms with Gasteiger partial charge in [0, 0.05) is 25.1 Å². The topological polar surface area (TPSA) is 118 Å². The fraction of sp³-hybridized carbons (Fsp3) is 0.190. The molecule has 0 aliphatic heterocycles. The minimum Gasteiger partial charge on any atom is -0.362 e. The summed E-state index contributed by atoms with van der Waals surface area (Å²) in [7, 11) is 1.64. The van der Waals surface area contributed by atoms with Crippen LogP contribution >= 0.6 is 0 Å². The van der Waals surface area contributed by atoms with Gasteiger partial charge in [-0.1, -0.05) is 12.1 Å². The Morgan fingerprint density at radius 1 is 1.20 bits per heavy atom. The van der Waals surface area contributed by atoms with Crippen LogP contribution in [-0.2, 0) is 7.05 Å². The summed E-state index contributed by atoms with van der Waals surface area (Å²) in [5.74, 6) is 0.332. The van der Waals surface area contributed by atoms with Gasteiger partial charge in [-0.05, 0) is 43.2 Å². The van der Waals surface area contributed by atoms with E-state index in [4.69, 9.17) is 0 Å². The van der Waals surface area contributed by atoms with E-state index in [1.807, 2.05) is 38.1 Å². The largest absolute Gasteiger partial charge is 0.362 e. The van der Waals surface area contributed by atoms with Crippen molar-refractivity contribution in [3.05, 3.63) is 76.1 Å². The van der Waals surface area contributed by atoms with Crippen LogP contribution in [0.5, 0.6) is 0 Å². The maximum Gasteiger partial charge on any atom is 0.328 e. The molecular formula is C21H21N7O2. The van der Waals surface area contributed by atoms with Crippen molar-refractivity contribution in [2.24, 2.45) is 7.05 Å². The van der Waals surface area contributed by atoms with Gasteiger partial charge in [0.2, 0.25) is 0 Å². The average molecular weight is 403 g/mol. The zero-order chi connectivity index (χ0) is 21.3. The first-order chi connectivity index (χ1) is 14.4. The molecule has 0 unspecified atom stereocenters. The van der Waals surface area contributed by atoms with Crippen molar-refractivity contribution in [2.45, 2.75) is 19.9 Å². The molecule has 152 valence electrons. The van der Waals surface area contributed by atoms with E-state index >= 15 is 0 Å². The molecule has 3 heterocycles. The number of hydrogen-bond donors (Lipinski definition) is 3. The summed E-state index contributed by atoms with van der Waals surface area (Å²) in [4.78, 5) is 39.6. The van der Waals surface area contributed by atoms with Crippen LogP contribution in [0.3, 0.4) is 0 Å². The van der Waals surface area contributed by atoms with Gasteiger partial charge in [-0.2, -0.15) is 0 Å². The van der Waals surface area contributed by atoms with Gasteiger partial charge in [0.1, 0.15) is 5.82 Å². The van der Waals surface area contributed by atoms with E-state index in [-0.39, 0.29) is 17.6 Å². The van der Waals surface area contributed by atoms with Crippen LogP contribution in [0.15, 0.2) is 53.7 Å². The number of nitrogens with one attached hydrogen (secondary N) is 3. The van der Waals surface area contributed by atoms with E-state index in [2.05, 4.69) is 30.6 Å². The smallest absolute Gasteiger partial charge is 0.328 e. The van der Waals surface area contributed by atoms with E-state index in [9.17, 15) is 9.59 Å². The van der Waals surface area contributed by atoms with Crippen LogP contribution < -0.4 is 16.3 Å². The predicted octanol–water partition coefficient (Wildman–Crippen LogP) is 2.79. The summed E-state index contributed by atoms with van der Waals surface area (Å²) < 4.78 is 1.41. The minimum atomic E-state index is -0.262. The Kier molecular flexibility index (Phi) is 5.01. The Morgan fingerprint density at radius 2 is 2.03 bits per heavy atom. The molecule has 3 aromatic heterocycles. The first-order valence-corrected chi connectivity index (χ1v) is 9.42. The summed E-state index contributed by atoms with van der Waals surface area (Å²) >= 11 is 0. The lowest BCUT2D eigenvalue weighted by atomic mass is 10.1. The van der Waals surface area contributed by atoms with E-state index in [0.717, 1.165) is 11.1 Å². The maximum atomic E-state index is 12.5. The Bertz CT molecular complexity index is 1290. The molecule has 0 saturated heterocycles. The van der Waals surface area contributed by atoms with Crippen LogP contribution in [0.2, 0.25) is 0 Å². The molecule has 0 bridgehead atoms. The Labute approximate surface area is 172 Å². The lowest BCUT2D eigenvalue weighted by molar-refractivity contribution is 0.102. The van der Waals surface area contributed by atoms with Gasteiger partial charge in [-0.25, -0.2) is 14.8 Å². The highest BCUT2D eigenvalue weighted by Gasteiger charge is 2.12. The van der Waals surface area contributed by atoms with Crippen LogP contribution in [0, 0.1) is 6.92 Å². The van der Waals surface area contributed by atoms with Crippen molar-refractivity contribution in [1.82, 2.24) is 24.5 Å². The molecule has 0 aliphatic rings. The molecule has 3 N–H and O–H groups in total. The first-order valence-electron chi connectivity index (χ1n) is 9.42. The third-order valence-electron chi connectivity index (χ3n) is 4.75. The number of carbonyl (C=O) groups is 1. The lowest BCUT2D eigenvalue weighted by Gasteiger charge is -2.16. The number of amides is 1. The maximum absolute atomic E-state index is 12.5. The number of carbonyl (C=O) groups excluding carboxylic acids is 1. The quantitative estimate of drug-likeness (QED) is 0.472. The zero-order valence-electron chi connectivity index (χ0n) is 16.8. The summed E-state index contributed by atoms with van der Waals surface area (Å²) in [6.45, 7) is 3.87. The zero-order valence-corrected chi connectivity index (χ0v) is 16.8. The number of hydrogen-bond acceptors (Lipinski definition) is 6. The van der Waals surface area contributed by atoms with Crippen molar-refractivity contribution < 1.29 is 4.79 Å². The van der Waals surface area contributed by atoms with E-state index in [0.29, 0.717) is 28.4 Å². The van der Waals surface area contributed by atoms with Gasteiger partial charge in [0.05, 0.1) is 17.8 Å². The van der Waals surface area contributed by atoms with Crippen LogP contribution in [0.1, 0.15) is 34.5 Å². The highest BCUT2D eigenvalue weighted by atomic mass is 16.2. The second kappa shape index (κ2) is 7.78. The second-order valence-electron chi connectivity index (χ2n) is 7.11. The van der Waals surface area contributed by atoms with Gasteiger partial charge >= 0.3 is 5.69 Å². The monoisotopic (exact) mass is 403 g/mol. The SMILES string of the molecule is Cc1cncc(C(=O)Nc2cccc([C@H](C)Nc3cnc4[nH]c(=O)n(C)c4n3)c2)c1. The summed E-state index contributed by atoms with van der Waals surface area (Å²) in [5, 5.41) is 6.18. The van der Waals surface area contributed by atoms with Crippen molar-refractivity contribution in [2.75, 3.05) is 10.6 Å². The first kappa shape index (κ1) is 19.3. The molecular weight excluding hydrogens is 382 g/mol. The number of aromatic amines is 1. The molecule has 0 radical (unpaired) electrons. The molecule has 0 spiro atoms. The number of anilines is 2. The van der Waals surface area contributed by atoms with Crippen molar-refractivity contribution >= 4 is 28.7 Å². The van der Waals surface area contributed by atoms with Crippen LogP contribution in [0.25, 0.3) is 11.3 Å². The van der Waals surface area contributed by atoms with Gasteiger partial charge < -0.3 is 10.6 Å². The van der Waals surface area contributed by atoms with Gasteiger partial charge in [0.15, 0.2) is 11.3 Å². The standard InChI is InChI=1S/C21H21N7O2/c1-12-7-15(10-22-9-12)20(29)25-16-6-4-5-14(8-16)13(2)24-17-11-23-18-19(26-17)28(3)21(30)27-18/h4-11,13H,1-3H3,(H,24,26)(H,25,29)(H,23,27,30)/t13-/m0/s1. The Morgan fingerprint density at radius 3 is 2.83 bits per heavy atom. The number of benzene rings is 1. The molecule has 1 amide bonds. The molecule has 1 atom stereocenters. The third kappa shape index (κ3) is 3.90. The Balaban J connectivity index is 1.51. The number of imidazole rings is 1. The fourth-order valence-electron chi connectivity index (χ4n) is 3.13. The predicted molar refractivity (Wildman–Crippen MR) is 115 cm³/mol. The highest BCUT2D eigenvalue weighted by Crippen LogP contribution is 2.22. The third-order valence-corrected chi connectivity index (χ3v) is 4.75. The number of aryl methyl sites for hydroxylation is 2. The van der Waals surface area contributed by atoms with Crippen LogP contribution in [0.4, 0.5) is 11.5 Å². The molecule has 4 rings (SSSR count). The molecule has 1 aromatic carbocycles. The number of H-pyrrole nitrogens is 1. The molecule has 0 aliphatic carbocycles. The molecule has 30 heavy (non-hydrogen) atoms. The number of fused-ring (bicyclic) bond motifs is 1. The average Bonchev–Trinajstić information content (AvgIpc) is 3.02. The molecule has 0 fully saturated rings. The van der Waals surface area contributed by atoms with Crippen molar-refractivity contribution in [1.29, 1.82) is 0 Å². The summed E-state index contributed by atoms with van der Waals surface area (Å²) in [5.41, 5.74) is 3.73. The van der Waals surface area contributed by atoms with Gasteiger partial charge in [0.25, 0.3) is 5.91 Å². The van der Waals surface area contributed by atoms with Crippen molar-refractivity contribution in [3.63, 3.8) is 0 Å². The molecule has 4 aromatic rings. The molecule has 0 saturated carbocycles. The number of nitrogens with zero attached hydrogens (tertiary/aromatic N) is 4. The number of aromatic nitrogens is 5. The van der Waals surface area contributed by atoms with Crippen LogP contribution in [-0.4, -0.2) is 30.4 Å². The summed E-state index contributed by atoms with van der Waals surface area (Å²) in [6.07, 6.45) is 4.82. The fourth-order valence-corrected chi connectivity index (χ4v) is 3.13. The van der Waals surface area contributed by atoms with E-state index in [1.165, 1.54) is 4.57 Å². The van der Waals surface area contributed by atoms with E-state index in [1.54, 1.807) is 31.7 Å². The minimum absolute atomic E-state index is 0.106. The second-order valence-corrected chi connectivity index (χ2v) is 7.11. The highest BCUT2D eigenvalue weighted by molar-refractivity contribution is 6.04. The summed E-state index contributed by atoms with van der Waals surface area (Å²) in [6, 6.07) is 9.25. The van der Waals surface area contributed by atoms with Gasteiger partial charge in [-0.15, -0.1) is 0 Å². The molecule has 9 nitrogen and oxygen atoms in total. The lowest BCUT2D eigenvalue weighted by Crippen LogP contribution is -2.14. The normalized spacial score (nSPS) is 12.0.